The number of aromatic nitrogens is 2. The summed E-state index contributed by atoms with van der Waals surface area (Å²) in [6.45, 7) is 3.04. The molecular formula is C16H20N4O3. The van der Waals surface area contributed by atoms with E-state index < -0.39 is 11.8 Å². The van der Waals surface area contributed by atoms with E-state index in [2.05, 4.69) is 15.6 Å². The summed E-state index contributed by atoms with van der Waals surface area (Å²) in [6.07, 6.45) is 3.51. The van der Waals surface area contributed by atoms with E-state index in [0.29, 0.717) is 18.8 Å². The molecule has 2 aromatic rings. The lowest BCUT2D eigenvalue weighted by atomic mass is 10.2. The molecule has 0 unspecified atom stereocenters. The maximum absolute atomic E-state index is 11.8. The zero-order valence-electron chi connectivity index (χ0n) is 13.2. The highest BCUT2D eigenvalue weighted by Gasteiger charge is 2.13. The molecule has 0 atom stereocenters. The molecule has 7 nitrogen and oxygen atoms in total. The van der Waals surface area contributed by atoms with Crippen LogP contribution >= 0.6 is 0 Å². The van der Waals surface area contributed by atoms with Crippen molar-refractivity contribution in [1.29, 1.82) is 0 Å². The maximum Gasteiger partial charge on any atom is 0.309 e. The zero-order chi connectivity index (χ0) is 16.7. The van der Waals surface area contributed by atoms with Crippen LogP contribution < -0.4 is 15.4 Å². The second kappa shape index (κ2) is 7.98. The van der Waals surface area contributed by atoms with Crippen LogP contribution in [0.1, 0.15) is 11.4 Å². The zero-order valence-corrected chi connectivity index (χ0v) is 13.2. The lowest BCUT2D eigenvalue weighted by Crippen LogP contribution is -2.40. The number of ether oxygens (including phenoxy) is 1. The van der Waals surface area contributed by atoms with Gasteiger partial charge in [0.05, 0.1) is 7.11 Å². The van der Waals surface area contributed by atoms with Crippen molar-refractivity contribution in [2.24, 2.45) is 0 Å². The quantitative estimate of drug-likeness (QED) is 0.766. The fraction of sp³-hybridized carbons (Fsp3) is 0.312. The van der Waals surface area contributed by atoms with Gasteiger partial charge in [-0.1, -0.05) is 18.2 Å². The van der Waals surface area contributed by atoms with Crippen LogP contribution in [0.25, 0.3) is 0 Å². The van der Waals surface area contributed by atoms with Gasteiger partial charge in [0.15, 0.2) is 0 Å². The number of nitrogens with one attached hydrogen (secondary N) is 2. The van der Waals surface area contributed by atoms with E-state index in [0.717, 1.165) is 11.4 Å². The van der Waals surface area contributed by atoms with Gasteiger partial charge in [0.1, 0.15) is 11.6 Å². The third-order valence-electron chi connectivity index (χ3n) is 3.40. The largest absolute Gasteiger partial charge is 0.496 e. The van der Waals surface area contributed by atoms with E-state index in [4.69, 9.17) is 4.74 Å². The average Bonchev–Trinajstić information content (AvgIpc) is 2.97. The lowest BCUT2D eigenvalue weighted by Gasteiger charge is -2.10. The van der Waals surface area contributed by atoms with Crippen molar-refractivity contribution in [3.05, 3.63) is 48.0 Å². The number of methoxy groups -OCH3 is 1. The number of hydrogen-bond acceptors (Lipinski definition) is 4. The van der Waals surface area contributed by atoms with Crippen LogP contribution in [-0.2, 0) is 22.7 Å². The number of carbonyl (C=O) groups is 2. The molecule has 1 aromatic carbocycles. The summed E-state index contributed by atoms with van der Waals surface area (Å²) in [5, 5.41) is 5.16. The minimum absolute atomic E-state index is 0.233. The van der Waals surface area contributed by atoms with Crippen LogP contribution in [0.5, 0.6) is 5.75 Å². The number of hydrogen-bond donors (Lipinski definition) is 2. The van der Waals surface area contributed by atoms with Crippen molar-refractivity contribution in [3.63, 3.8) is 0 Å². The number of carbonyl (C=O) groups excluding carboxylic acids is 2. The maximum atomic E-state index is 11.8. The fourth-order valence-electron chi connectivity index (χ4n) is 2.11. The van der Waals surface area contributed by atoms with Crippen molar-refractivity contribution in [3.8, 4) is 5.75 Å². The number of rotatable bonds is 6. The molecule has 1 aromatic heterocycles. The van der Waals surface area contributed by atoms with E-state index >= 15 is 0 Å². The Kier molecular flexibility index (Phi) is 5.74. The second-order valence-corrected chi connectivity index (χ2v) is 4.92. The molecule has 0 saturated heterocycles. The first-order valence-electron chi connectivity index (χ1n) is 7.27. The Hall–Kier alpha value is -2.83. The highest BCUT2D eigenvalue weighted by molar-refractivity contribution is 6.35. The van der Waals surface area contributed by atoms with Gasteiger partial charge in [-0.3, -0.25) is 9.59 Å². The molecule has 0 saturated carbocycles. The fourth-order valence-corrected chi connectivity index (χ4v) is 2.11. The molecule has 0 aliphatic carbocycles. The Morgan fingerprint density at radius 1 is 1.22 bits per heavy atom. The van der Waals surface area contributed by atoms with Gasteiger partial charge < -0.3 is 19.9 Å². The SMILES string of the molecule is COc1ccccc1CNC(=O)C(=O)NCCn1ccnc1C. The van der Waals surface area contributed by atoms with Crippen molar-refractivity contribution >= 4 is 11.8 Å². The summed E-state index contributed by atoms with van der Waals surface area (Å²) in [6, 6.07) is 7.32. The van der Waals surface area contributed by atoms with Gasteiger partial charge in [-0.25, -0.2) is 4.98 Å². The molecule has 7 heteroatoms. The van der Waals surface area contributed by atoms with Gasteiger partial charge in [0.2, 0.25) is 0 Å². The third kappa shape index (κ3) is 4.57. The molecule has 0 fully saturated rings. The summed E-state index contributed by atoms with van der Waals surface area (Å²) in [5.74, 6) is 0.208. The topological polar surface area (TPSA) is 85.2 Å². The molecule has 0 bridgehead atoms. The van der Waals surface area contributed by atoms with Crippen molar-refractivity contribution in [2.45, 2.75) is 20.0 Å². The Morgan fingerprint density at radius 2 is 1.96 bits per heavy atom. The first-order valence-corrected chi connectivity index (χ1v) is 7.27. The summed E-state index contributed by atoms with van der Waals surface area (Å²) < 4.78 is 7.09. The van der Waals surface area contributed by atoms with Crippen molar-refractivity contribution in [2.75, 3.05) is 13.7 Å². The molecule has 0 spiro atoms. The number of imidazole rings is 1. The Balaban J connectivity index is 1.76. The third-order valence-corrected chi connectivity index (χ3v) is 3.40. The molecule has 2 N–H and O–H groups in total. The van der Waals surface area contributed by atoms with E-state index in [1.165, 1.54) is 0 Å². The van der Waals surface area contributed by atoms with Gasteiger partial charge in [0.25, 0.3) is 0 Å². The predicted octanol–water partition coefficient (Wildman–Crippen LogP) is 0.633. The van der Waals surface area contributed by atoms with Gasteiger partial charge in [0, 0.05) is 37.6 Å². The average molecular weight is 316 g/mol. The van der Waals surface area contributed by atoms with E-state index in [9.17, 15) is 9.59 Å². The summed E-state index contributed by atoms with van der Waals surface area (Å²) in [5.41, 5.74) is 0.810. The van der Waals surface area contributed by atoms with Gasteiger partial charge in [-0.2, -0.15) is 0 Å². The van der Waals surface area contributed by atoms with E-state index in [1.54, 1.807) is 19.4 Å². The van der Waals surface area contributed by atoms with Crippen LogP contribution in [0.3, 0.4) is 0 Å². The molecule has 2 rings (SSSR count). The Labute approximate surface area is 134 Å². The molecule has 122 valence electrons. The van der Waals surface area contributed by atoms with Gasteiger partial charge in [-0.05, 0) is 13.0 Å². The second-order valence-electron chi connectivity index (χ2n) is 4.92. The molecular weight excluding hydrogens is 296 g/mol. The highest BCUT2D eigenvalue weighted by atomic mass is 16.5. The summed E-state index contributed by atoms with van der Waals surface area (Å²) in [7, 11) is 1.56. The van der Waals surface area contributed by atoms with Gasteiger partial charge in [-0.15, -0.1) is 0 Å². The van der Waals surface area contributed by atoms with Crippen LogP contribution in [0.2, 0.25) is 0 Å². The van der Waals surface area contributed by atoms with Crippen LogP contribution in [-0.4, -0.2) is 35.0 Å². The number of nitrogens with zero attached hydrogens (tertiary/aromatic N) is 2. The summed E-state index contributed by atoms with van der Waals surface area (Å²) >= 11 is 0. The van der Waals surface area contributed by atoms with Crippen LogP contribution in [0.4, 0.5) is 0 Å². The predicted molar refractivity (Wildman–Crippen MR) is 84.8 cm³/mol. The first kappa shape index (κ1) is 16.5. The first-order chi connectivity index (χ1) is 11.1. The number of benzene rings is 1. The number of para-hydroxylation sites is 1. The monoisotopic (exact) mass is 316 g/mol. The minimum atomic E-state index is -0.668. The highest BCUT2D eigenvalue weighted by Crippen LogP contribution is 2.16. The minimum Gasteiger partial charge on any atom is -0.496 e. The molecule has 0 radical (unpaired) electrons. The van der Waals surface area contributed by atoms with Gasteiger partial charge >= 0.3 is 11.8 Å². The van der Waals surface area contributed by atoms with Crippen molar-refractivity contribution in [1.82, 2.24) is 20.2 Å². The van der Waals surface area contributed by atoms with E-state index in [-0.39, 0.29) is 6.54 Å². The standard InChI is InChI=1S/C16H20N4O3/c1-12-17-7-9-20(12)10-8-18-15(21)16(22)19-11-13-5-3-4-6-14(13)23-2/h3-7,9H,8,10-11H2,1-2H3,(H,18,21)(H,19,22). The number of amides is 2. The smallest absolute Gasteiger partial charge is 0.309 e. The van der Waals surface area contributed by atoms with Crippen LogP contribution in [0, 0.1) is 6.92 Å². The van der Waals surface area contributed by atoms with Crippen LogP contribution in [0.15, 0.2) is 36.7 Å². The van der Waals surface area contributed by atoms with Crippen molar-refractivity contribution < 1.29 is 14.3 Å². The molecule has 0 aliphatic rings. The molecule has 1 heterocycles. The van der Waals surface area contributed by atoms with E-state index in [1.807, 2.05) is 35.9 Å². The summed E-state index contributed by atoms with van der Waals surface area (Å²) in [4.78, 5) is 27.6. The Bertz CT molecular complexity index is 681. The number of aryl methyl sites for hydroxylation is 1. The molecule has 2 amide bonds. The molecule has 0 aliphatic heterocycles. The molecule has 23 heavy (non-hydrogen) atoms. The lowest BCUT2D eigenvalue weighted by molar-refractivity contribution is -0.139. The normalized spacial score (nSPS) is 10.2. The Morgan fingerprint density at radius 3 is 2.65 bits per heavy atom.